The zero-order valence-electron chi connectivity index (χ0n) is 17.5. The highest BCUT2D eigenvalue weighted by molar-refractivity contribution is 7.89. The third-order valence-electron chi connectivity index (χ3n) is 4.32. The smallest absolute Gasteiger partial charge is 0.240 e. The van der Waals surface area contributed by atoms with Gasteiger partial charge in [-0.1, -0.05) is 25.1 Å². The molecule has 7 nitrogen and oxygen atoms in total. The van der Waals surface area contributed by atoms with Gasteiger partial charge in [0.2, 0.25) is 10.0 Å². The summed E-state index contributed by atoms with van der Waals surface area (Å²) in [6, 6.07) is 12.7. The van der Waals surface area contributed by atoms with Gasteiger partial charge in [0.1, 0.15) is 17.7 Å². The normalized spacial score (nSPS) is 13.0. The number of sulfonamides is 1. The van der Waals surface area contributed by atoms with Gasteiger partial charge < -0.3 is 15.4 Å². The summed E-state index contributed by atoms with van der Waals surface area (Å²) in [5, 5.41) is 6.40. The lowest BCUT2D eigenvalue weighted by atomic mass is 10.2. The molecular formula is C21H29FN4O3S. The lowest BCUT2D eigenvalue weighted by Gasteiger charge is -2.20. The second kappa shape index (κ2) is 11.5. The standard InChI is InChI=1S/C21H29FN4O3S/c1-4-18(29-19-8-6-7-17(22)13-19)15-26-21(24-5-2)25-14-16-9-11-20(12-10-16)30(27,28)23-3/h6-13,18,23H,4-5,14-15H2,1-3H3,(H2,24,25,26). The Hall–Kier alpha value is -2.65. The summed E-state index contributed by atoms with van der Waals surface area (Å²) < 4.78 is 45.1. The molecule has 0 bridgehead atoms. The maximum atomic E-state index is 13.3. The van der Waals surface area contributed by atoms with E-state index in [1.807, 2.05) is 13.8 Å². The van der Waals surface area contributed by atoms with Crippen molar-refractivity contribution in [1.82, 2.24) is 15.4 Å². The third-order valence-corrected chi connectivity index (χ3v) is 5.75. The molecule has 0 amide bonds. The van der Waals surface area contributed by atoms with Gasteiger partial charge in [0.05, 0.1) is 18.0 Å². The van der Waals surface area contributed by atoms with Crippen molar-refractivity contribution in [3.05, 3.63) is 59.9 Å². The SMILES string of the molecule is CCNC(=NCc1ccc(S(=O)(=O)NC)cc1)NCC(CC)Oc1cccc(F)c1. The average Bonchev–Trinajstić information content (AvgIpc) is 2.75. The largest absolute Gasteiger partial charge is 0.489 e. The highest BCUT2D eigenvalue weighted by Gasteiger charge is 2.11. The maximum absolute atomic E-state index is 13.3. The molecule has 0 aliphatic carbocycles. The Morgan fingerprint density at radius 3 is 2.47 bits per heavy atom. The van der Waals surface area contributed by atoms with Crippen molar-refractivity contribution in [3.63, 3.8) is 0 Å². The van der Waals surface area contributed by atoms with Gasteiger partial charge in [0, 0.05) is 12.6 Å². The summed E-state index contributed by atoms with van der Waals surface area (Å²) in [6.45, 7) is 5.54. The minimum absolute atomic E-state index is 0.151. The monoisotopic (exact) mass is 436 g/mol. The molecule has 2 rings (SSSR count). The van der Waals surface area contributed by atoms with Crippen molar-refractivity contribution >= 4 is 16.0 Å². The summed E-state index contributed by atoms with van der Waals surface area (Å²) in [6.07, 6.45) is 0.589. The van der Waals surface area contributed by atoms with Crippen LogP contribution in [0.3, 0.4) is 0 Å². The number of nitrogens with zero attached hydrogens (tertiary/aromatic N) is 1. The molecule has 0 aromatic heterocycles. The third kappa shape index (κ3) is 7.31. The molecule has 0 aliphatic heterocycles. The fourth-order valence-corrected chi connectivity index (χ4v) is 3.35. The Labute approximate surface area is 177 Å². The average molecular weight is 437 g/mol. The van der Waals surface area contributed by atoms with E-state index in [4.69, 9.17) is 4.74 Å². The minimum Gasteiger partial charge on any atom is -0.489 e. The van der Waals surface area contributed by atoms with Crippen LogP contribution in [-0.4, -0.2) is 40.6 Å². The molecular weight excluding hydrogens is 407 g/mol. The first-order valence-corrected chi connectivity index (χ1v) is 11.3. The molecule has 0 saturated heterocycles. The molecule has 3 N–H and O–H groups in total. The molecule has 0 heterocycles. The predicted molar refractivity (Wildman–Crippen MR) is 117 cm³/mol. The molecule has 2 aromatic carbocycles. The molecule has 0 aliphatic rings. The number of nitrogens with one attached hydrogen (secondary N) is 3. The van der Waals surface area contributed by atoms with Gasteiger partial charge in [0.25, 0.3) is 0 Å². The molecule has 164 valence electrons. The van der Waals surface area contributed by atoms with E-state index in [0.717, 1.165) is 12.0 Å². The number of benzene rings is 2. The van der Waals surface area contributed by atoms with E-state index in [9.17, 15) is 12.8 Å². The van der Waals surface area contributed by atoms with Crippen LogP contribution in [0.1, 0.15) is 25.8 Å². The zero-order valence-corrected chi connectivity index (χ0v) is 18.3. The lowest BCUT2D eigenvalue weighted by Crippen LogP contribution is -2.42. The van der Waals surface area contributed by atoms with Gasteiger partial charge in [-0.05, 0) is 50.2 Å². The van der Waals surface area contributed by atoms with Crippen LogP contribution in [0, 0.1) is 5.82 Å². The molecule has 1 unspecified atom stereocenters. The summed E-state index contributed by atoms with van der Waals surface area (Å²) in [5.74, 6) is 0.770. The van der Waals surface area contributed by atoms with Crippen molar-refractivity contribution in [3.8, 4) is 5.75 Å². The van der Waals surface area contributed by atoms with Crippen molar-refractivity contribution in [2.24, 2.45) is 4.99 Å². The molecule has 2 aromatic rings. The van der Waals surface area contributed by atoms with Crippen molar-refractivity contribution in [2.75, 3.05) is 20.1 Å². The fraction of sp³-hybridized carbons (Fsp3) is 0.381. The van der Waals surface area contributed by atoms with Crippen LogP contribution in [0.5, 0.6) is 5.75 Å². The first kappa shape index (κ1) is 23.6. The Morgan fingerprint density at radius 1 is 1.13 bits per heavy atom. The zero-order chi connectivity index (χ0) is 22.0. The molecule has 0 fully saturated rings. The quantitative estimate of drug-likeness (QED) is 0.393. The number of guanidine groups is 1. The van der Waals surface area contributed by atoms with E-state index < -0.39 is 10.0 Å². The summed E-state index contributed by atoms with van der Waals surface area (Å²) in [5.41, 5.74) is 0.880. The number of hydrogen-bond donors (Lipinski definition) is 3. The van der Waals surface area contributed by atoms with Gasteiger partial charge in [-0.25, -0.2) is 22.5 Å². The Balaban J connectivity index is 1.97. The van der Waals surface area contributed by atoms with Gasteiger partial charge in [0.15, 0.2) is 5.96 Å². The van der Waals surface area contributed by atoms with Crippen LogP contribution < -0.4 is 20.1 Å². The van der Waals surface area contributed by atoms with E-state index in [1.54, 1.807) is 36.4 Å². The van der Waals surface area contributed by atoms with Gasteiger partial charge in [-0.15, -0.1) is 0 Å². The van der Waals surface area contributed by atoms with Gasteiger partial charge >= 0.3 is 0 Å². The van der Waals surface area contributed by atoms with Crippen molar-refractivity contribution < 1.29 is 17.5 Å². The Kier molecular flexibility index (Phi) is 9.07. The van der Waals surface area contributed by atoms with Crippen molar-refractivity contribution in [2.45, 2.75) is 37.8 Å². The highest BCUT2D eigenvalue weighted by atomic mass is 32.2. The number of aliphatic imine (C=N–C) groups is 1. The van der Waals surface area contributed by atoms with Crippen LogP contribution in [0.2, 0.25) is 0 Å². The topological polar surface area (TPSA) is 91.8 Å². The first-order valence-electron chi connectivity index (χ1n) is 9.84. The number of rotatable bonds is 10. The summed E-state index contributed by atoms with van der Waals surface area (Å²) in [7, 11) is -2.07. The van der Waals surface area contributed by atoms with Crippen LogP contribution in [0.25, 0.3) is 0 Å². The van der Waals surface area contributed by atoms with Crippen LogP contribution >= 0.6 is 0 Å². The van der Waals surface area contributed by atoms with Crippen LogP contribution in [0.15, 0.2) is 58.4 Å². The van der Waals surface area contributed by atoms with E-state index in [-0.39, 0.29) is 16.8 Å². The second-order valence-corrected chi connectivity index (χ2v) is 8.42. The van der Waals surface area contributed by atoms with E-state index >= 15 is 0 Å². The Bertz CT molecular complexity index is 934. The van der Waals surface area contributed by atoms with Crippen molar-refractivity contribution in [1.29, 1.82) is 0 Å². The van der Waals surface area contributed by atoms with Crippen LogP contribution in [-0.2, 0) is 16.6 Å². The number of hydrogen-bond acceptors (Lipinski definition) is 4. The second-order valence-electron chi connectivity index (χ2n) is 6.53. The molecule has 1 atom stereocenters. The highest BCUT2D eigenvalue weighted by Crippen LogP contribution is 2.15. The molecule has 30 heavy (non-hydrogen) atoms. The molecule has 0 radical (unpaired) electrons. The summed E-state index contributed by atoms with van der Waals surface area (Å²) in [4.78, 5) is 4.75. The molecule has 0 saturated carbocycles. The lowest BCUT2D eigenvalue weighted by molar-refractivity contribution is 0.198. The van der Waals surface area contributed by atoms with Gasteiger partial charge in [-0.2, -0.15) is 0 Å². The van der Waals surface area contributed by atoms with E-state index in [0.29, 0.717) is 31.3 Å². The predicted octanol–water partition coefficient (Wildman–Crippen LogP) is 2.65. The summed E-state index contributed by atoms with van der Waals surface area (Å²) >= 11 is 0. The first-order chi connectivity index (χ1) is 14.4. The number of ether oxygens (including phenoxy) is 1. The van der Waals surface area contributed by atoms with Crippen LogP contribution in [0.4, 0.5) is 4.39 Å². The minimum atomic E-state index is -3.45. The fourth-order valence-electron chi connectivity index (χ4n) is 2.62. The van der Waals surface area contributed by atoms with Gasteiger partial charge in [-0.3, -0.25) is 0 Å². The molecule has 0 spiro atoms. The maximum Gasteiger partial charge on any atom is 0.240 e. The Morgan fingerprint density at radius 2 is 1.87 bits per heavy atom. The van der Waals surface area contributed by atoms with E-state index in [2.05, 4.69) is 20.3 Å². The molecule has 9 heteroatoms. The van der Waals surface area contributed by atoms with E-state index in [1.165, 1.54) is 19.2 Å². The number of halogens is 1.